The normalized spacial score (nSPS) is 13.8. The molecule has 6 rings (SSSR count). The quantitative estimate of drug-likeness (QED) is 0.225. The van der Waals surface area contributed by atoms with Crippen LogP contribution in [0.3, 0.4) is 0 Å². The molecular weight excluding hydrogens is 616 g/mol. The molecule has 222 valence electrons. The van der Waals surface area contributed by atoms with Gasteiger partial charge in [-0.25, -0.2) is 18.1 Å². The van der Waals surface area contributed by atoms with Gasteiger partial charge >= 0.3 is 0 Å². The van der Waals surface area contributed by atoms with E-state index in [4.69, 9.17) is 16.7 Å². The van der Waals surface area contributed by atoms with E-state index in [9.17, 15) is 18.5 Å². The second-order valence-corrected chi connectivity index (χ2v) is 13.9. The molecule has 0 N–H and O–H groups in total. The van der Waals surface area contributed by atoms with Gasteiger partial charge in [-0.1, -0.05) is 35.9 Å². The minimum absolute atomic E-state index is 0.196. The Bertz CT molecular complexity index is 2010. The Morgan fingerprint density at radius 2 is 1.77 bits per heavy atom. The summed E-state index contributed by atoms with van der Waals surface area (Å²) in [5.74, 6) is 0.434. The van der Waals surface area contributed by atoms with Crippen LogP contribution in [0.1, 0.15) is 22.5 Å². The fourth-order valence-electron chi connectivity index (χ4n) is 5.21. The number of carbonyl (C=O) groups excluding carboxylic acids is 1. The number of benzene rings is 2. The number of halogens is 1. The highest BCUT2D eigenvalue weighted by molar-refractivity contribution is 7.90. The van der Waals surface area contributed by atoms with Crippen molar-refractivity contribution in [2.75, 3.05) is 37.3 Å². The molecular formula is C32H27ClN6O3S2. The molecule has 1 fully saturated rings. The van der Waals surface area contributed by atoms with E-state index in [-0.39, 0.29) is 16.5 Å². The molecule has 0 bridgehead atoms. The number of aromatic nitrogens is 3. The number of carbonyl (C=O) groups is 1. The number of nitriles is 1. The topological polar surface area (TPSA) is 112 Å². The molecule has 1 amide bonds. The average molecular weight is 643 g/mol. The van der Waals surface area contributed by atoms with Crippen molar-refractivity contribution in [3.63, 3.8) is 0 Å². The van der Waals surface area contributed by atoms with Gasteiger partial charge < -0.3 is 9.80 Å². The average Bonchev–Trinajstić information content (AvgIpc) is 3.62. The lowest BCUT2D eigenvalue weighted by molar-refractivity contribution is 0.0760. The SMILES string of the molecule is CS(=O)(=O)c1cccc(-c2ccc(-c3cc(C(=O)N4CCCN(c5ncccc5C#N)CC4)nn3-c3ccccc3Cl)s2)c1. The minimum Gasteiger partial charge on any atom is -0.354 e. The maximum atomic E-state index is 13.9. The zero-order chi connectivity index (χ0) is 30.8. The summed E-state index contributed by atoms with van der Waals surface area (Å²) in [5, 5.41) is 14.8. The second kappa shape index (κ2) is 12.2. The van der Waals surface area contributed by atoms with Crippen molar-refractivity contribution >= 4 is 44.5 Å². The van der Waals surface area contributed by atoms with E-state index >= 15 is 0 Å². The monoisotopic (exact) mass is 642 g/mol. The van der Waals surface area contributed by atoms with Crippen LogP contribution in [-0.4, -0.2) is 66.4 Å². The van der Waals surface area contributed by atoms with Crippen molar-refractivity contribution in [2.45, 2.75) is 11.3 Å². The van der Waals surface area contributed by atoms with Crippen LogP contribution in [0.4, 0.5) is 5.82 Å². The van der Waals surface area contributed by atoms with E-state index in [0.29, 0.717) is 60.4 Å². The van der Waals surface area contributed by atoms with Crippen LogP contribution >= 0.6 is 22.9 Å². The predicted molar refractivity (Wildman–Crippen MR) is 172 cm³/mol. The van der Waals surface area contributed by atoms with Crippen LogP contribution in [0.15, 0.2) is 90.0 Å². The molecule has 2 aromatic carbocycles. The summed E-state index contributed by atoms with van der Waals surface area (Å²) >= 11 is 8.07. The van der Waals surface area contributed by atoms with Gasteiger partial charge in [-0.2, -0.15) is 10.4 Å². The number of hydrogen-bond donors (Lipinski definition) is 0. The van der Waals surface area contributed by atoms with Gasteiger partial charge in [-0.05, 0) is 66.6 Å². The summed E-state index contributed by atoms with van der Waals surface area (Å²) in [4.78, 5) is 24.1. The Morgan fingerprint density at radius 1 is 0.955 bits per heavy atom. The Kier molecular flexibility index (Phi) is 8.23. The van der Waals surface area contributed by atoms with Crippen molar-refractivity contribution in [3.05, 3.63) is 101 Å². The summed E-state index contributed by atoms with van der Waals surface area (Å²) < 4.78 is 26.0. The first-order valence-corrected chi connectivity index (χ1v) is 17.0. The zero-order valence-corrected chi connectivity index (χ0v) is 26.1. The smallest absolute Gasteiger partial charge is 0.274 e. The van der Waals surface area contributed by atoms with E-state index in [1.54, 1.807) is 58.2 Å². The summed E-state index contributed by atoms with van der Waals surface area (Å²) in [6.07, 6.45) is 3.58. The number of thiophene rings is 1. The number of hydrogen-bond acceptors (Lipinski definition) is 8. The van der Waals surface area contributed by atoms with Gasteiger partial charge in [-0.15, -0.1) is 11.3 Å². The third-order valence-electron chi connectivity index (χ3n) is 7.40. The van der Waals surface area contributed by atoms with E-state index < -0.39 is 9.84 Å². The first-order chi connectivity index (χ1) is 21.2. The van der Waals surface area contributed by atoms with Gasteiger partial charge in [0.15, 0.2) is 15.5 Å². The van der Waals surface area contributed by atoms with Crippen LogP contribution in [0.5, 0.6) is 0 Å². The Labute approximate surface area is 264 Å². The largest absolute Gasteiger partial charge is 0.354 e. The summed E-state index contributed by atoms with van der Waals surface area (Å²) in [7, 11) is -3.36. The maximum absolute atomic E-state index is 13.9. The fraction of sp³-hybridized carbons (Fsp3) is 0.188. The highest BCUT2D eigenvalue weighted by Gasteiger charge is 2.26. The second-order valence-electron chi connectivity index (χ2n) is 10.4. The van der Waals surface area contributed by atoms with Crippen LogP contribution in [0.25, 0.3) is 26.7 Å². The number of anilines is 1. The first-order valence-electron chi connectivity index (χ1n) is 13.9. The number of amides is 1. The molecule has 0 spiro atoms. The Hall–Kier alpha value is -4.50. The molecule has 0 atom stereocenters. The van der Waals surface area contributed by atoms with Gasteiger partial charge in [0.1, 0.15) is 11.9 Å². The van der Waals surface area contributed by atoms with Crippen molar-refractivity contribution in [3.8, 4) is 32.8 Å². The lowest BCUT2D eigenvalue weighted by Gasteiger charge is -2.23. The lowest BCUT2D eigenvalue weighted by Crippen LogP contribution is -2.35. The Balaban J connectivity index is 1.33. The maximum Gasteiger partial charge on any atom is 0.274 e. The van der Waals surface area contributed by atoms with Gasteiger partial charge in [0.25, 0.3) is 5.91 Å². The molecule has 44 heavy (non-hydrogen) atoms. The van der Waals surface area contributed by atoms with Gasteiger partial charge in [-0.3, -0.25) is 4.79 Å². The molecule has 1 aliphatic heterocycles. The summed E-state index contributed by atoms with van der Waals surface area (Å²) in [5.41, 5.74) is 2.91. The summed E-state index contributed by atoms with van der Waals surface area (Å²) in [6.45, 7) is 2.20. The molecule has 0 unspecified atom stereocenters. The van der Waals surface area contributed by atoms with Crippen molar-refractivity contribution in [2.24, 2.45) is 0 Å². The molecule has 0 saturated carbocycles. The molecule has 4 heterocycles. The standard InChI is InChI=1S/C32H27ClN6O3S2/c1-44(41,42)24-9-4-7-22(19-24)29-12-13-30(43-29)28-20-26(36-39(28)27-11-3-2-10-25(27)33)32(40)38-16-6-15-37(17-18-38)31-23(21-34)8-5-14-35-31/h2-5,7-14,19-20H,6,15-18H2,1H3. The number of para-hydroxylation sites is 1. The van der Waals surface area contributed by atoms with Crippen LogP contribution in [0.2, 0.25) is 5.02 Å². The molecule has 12 heteroatoms. The number of pyridine rings is 1. The summed E-state index contributed by atoms with van der Waals surface area (Å²) in [6, 6.07) is 25.5. The molecule has 1 aliphatic rings. The number of rotatable bonds is 6. The Morgan fingerprint density at radius 3 is 2.57 bits per heavy atom. The zero-order valence-electron chi connectivity index (χ0n) is 23.7. The molecule has 3 aromatic heterocycles. The third kappa shape index (κ3) is 5.97. The first kappa shape index (κ1) is 29.6. The van der Waals surface area contributed by atoms with Gasteiger partial charge in [0, 0.05) is 43.5 Å². The van der Waals surface area contributed by atoms with Gasteiger partial charge in [0.05, 0.1) is 31.7 Å². The van der Waals surface area contributed by atoms with E-state index in [1.807, 2.05) is 41.3 Å². The van der Waals surface area contributed by atoms with Crippen LogP contribution < -0.4 is 4.90 Å². The number of nitrogens with zero attached hydrogens (tertiary/aromatic N) is 6. The molecule has 5 aromatic rings. The minimum atomic E-state index is -3.36. The number of sulfone groups is 1. The predicted octanol–water partition coefficient (Wildman–Crippen LogP) is 5.94. The van der Waals surface area contributed by atoms with Crippen molar-refractivity contribution < 1.29 is 13.2 Å². The highest BCUT2D eigenvalue weighted by Crippen LogP contribution is 2.37. The van der Waals surface area contributed by atoms with E-state index in [0.717, 1.165) is 15.3 Å². The fourth-order valence-corrected chi connectivity index (χ4v) is 7.10. The van der Waals surface area contributed by atoms with Gasteiger partial charge in [0.2, 0.25) is 0 Å². The molecule has 0 aliphatic carbocycles. The molecule has 0 radical (unpaired) electrons. The molecule has 1 saturated heterocycles. The van der Waals surface area contributed by atoms with Crippen LogP contribution in [-0.2, 0) is 9.84 Å². The van der Waals surface area contributed by atoms with Crippen molar-refractivity contribution in [1.29, 1.82) is 5.26 Å². The lowest BCUT2D eigenvalue weighted by atomic mass is 10.2. The third-order valence-corrected chi connectivity index (χ3v) is 9.99. The van der Waals surface area contributed by atoms with E-state index in [2.05, 4.69) is 11.1 Å². The highest BCUT2D eigenvalue weighted by atomic mass is 35.5. The van der Waals surface area contributed by atoms with Crippen LogP contribution in [0, 0.1) is 11.3 Å². The van der Waals surface area contributed by atoms with E-state index in [1.165, 1.54) is 17.6 Å². The van der Waals surface area contributed by atoms with Crippen molar-refractivity contribution in [1.82, 2.24) is 19.7 Å². The molecule has 9 nitrogen and oxygen atoms in total.